The molecule has 0 heterocycles. The van der Waals surface area contributed by atoms with Crippen LogP contribution in [-0.2, 0) is 9.59 Å². The number of primary amides is 1. The summed E-state index contributed by atoms with van der Waals surface area (Å²) in [5.74, 6) is -1.24. The number of esters is 1. The highest BCUT2D eigenvalue weighted by Crippen LogP contribution is 2.13. The van der Waals surface area contributed by atoms with Gasteiger partial charge in [0.25, 0.3) is 5.91 Å². The van der Waals surface area contributed by atoms with E-state index in [9.17, 15) is 14.4 Å². The number of ether oxygens (including phenoxy) is 1. The SMILES string of the molecule is CC[C@H](NC(=O)c1cccc(OC(C)=O)c1)C(N)=O. The second-order valence-electron chi connectivity index (χ2n) is 3.96. The summed E-state index contributed by atoms with van der Waals surface area (Å²) in [6.07, 6.45) is 0.407. The Kier molecular flexibility index (Phi) is 5.05. The van der Waals surface area contributed by atoms with E-state index < -0.39 is 23.8 Å². The van der Waals surface area contributed by atoms with Crippen LogP contribution in [0.4, 0.5) is 0 Å². The van der Waals surface area contributed by atoms with Gasteiger partial charge in [-0.25, -0.2) is 0 Å². The van der Waals surface area contributed by atoms with Crippen LogP contribution in [0.25, 0.3) is 0 Å². The molecule has 0 unspecified atom stereocenters. The van der Waals surface area contributed by atoms with Crippen LogP contribution in [0.1, 0.15) is 30.6 Å². The van der Waals surface area contributed by atoms with Gasteiger partial charge in [-0.15, -0.1) is 0 Å². The van der Waals surface area contributed by atoms with Gasteiger partial charge in [0.05, 0.1) is 0 Å². The molecule has 0 saturated heterocycles. The number of carbonyl (C=O) groups excluding carboxylic acids is 3. The molecule has 6 nitrogen and oxygen atoms in total. The summed E-state index contributed by atoms with van der Waals surface area (Å²) in [6.45, 7) is 3.01. The van der Waals surface area contributed by atoms with E-state index in [1.54, 1.807) is 25.1 Å². The number of amides is 2. The second kappa shape index (κ2) is 6.53. The fraction of sp³-hybridized carbons (Fsp3) is 0.308. The van der Waals surface area contributed by atoms with E-state index in [1.165, 1.54) is 13.0 Å². The molecule has 102 valence electrons. The summed E-state index contributed by atoms with van der Waals surface area (Å²) in [4.78, 5) is 33.8. The second-order valence-corrected chi connectivity index (χ2v) is 3.96. The minimum Gasteiger partial charge on any atom is -0.427 e. The third kappa shape index (κ3) is 4.42. The van der Waals surface area contributed by atoms with E-state index in [-0.39, 0.29) is 5.75 Å². The van der Waals surface area contributed by atoms with Gasteiger partial charge in [0.15, 0.2) is 0 Å². The number of nitrogens with two attached hydrogens (primary N) is 1. The number of benzene rings is 1. The molecule has 0 radical (unpaired) electrons. The van der Waals surface area contributed by atoms with E-state index in [4.69, 9.17) is 10.5 Å². The van der Waals surface area contributed by atoms with Crippen molar-refractivity contribution < 1.29 is 19.1 Å². The quantitative estimate of drug-likeness (QED) is 0.601. The highest BCUT2D eigenvalue weighted by molar-refractivity contribution is 5.97. The zero-order valence-electron chi connectivity index (χ0n) is 10.8. The Hall–Kier alpha value is -2.37. The zero-order chi connectivity index (χ0) is 14.4. The molecule has 0 aromatic heterocycles. The maximum atomic E-state index is 11.9. The molecule has 0 aliphatic heterocycles. The number of hydrogen-bond donors (Lipinski definition) is 2. The number of hydrogen-bond acceptors (Lipinski definition) is 4. The lowest BCUT2D eigenvalue weighted by atomic mass is 10.1. The molecular formula is C13H16N2O4. The molecule has 1 atom stereocenters. The molecule has 2 amide bonds. The molecule has 0 fully saturated rings. The molecule has 0 aliphatic carbocycles. The first kappa shape index (κ1) is 14.7. The molecule has 0 bridgehead atoms. The third-order valence-corrected chi connectivity index (χ3v) is 2.41. The van der Waals surface area contributed by atoms with Crippen LogP contribution in [0.2, 0.25) is 0 Å². The van der Waals surface area contributed by atoms with Crippen molar-refractivity contribution >= 4 is 17.8 Å². The molecule has 0 spiro atoms. The molecule has 0 aliphatic rings. The Labute approximate surface area is 110 Å². The highest BCUT2D eigenvalue weighted by Gasteiger charge is 2.17. The summed E-state index contributed by atoms with van der Waals surface area (Å²) in [7, 11) is 0. The van der Waals surface area contributed by atoms with Gasteiger partial charge in [-0.05, 0) is 24.6 Å². The van der Waals surface area contributed by atoms with Crippen molar-refractivity contribution in [2.45, 2.75) is 26.3 Å². The first-order chi connectivity index (χ1) is 8.93. The highest BCUT2D eigenvalue weighted by atomic mass is 16.5. The van der Waals surface area contributed by atoms with Gasteiger partial charge in [0, 0.05) is 12.5 Å². The zero-order valence-corrected chi connectivity index (χ0v) is 10.8. The predicted molar refractivity (Wildman–Crippen MR) is 68.5 cm³/mol. The molecule has 19 heavy (non-hydrogen) atoms. The predicted octanol–water partition coefficient (Wildman–Crippen LogP) is 0.606. The van der Waals surface area contributed by atoms with Crippen LogP contribution in [0.5, 0.6) is 5.75 Å². The Balaban J connectivity index is 2.82. The summed E-state index contributed by atoms with van der Waals surface area (Å²) in [5, 5.41) is 2.51. The Morgan fingerprint density at radius 3 is 2.58 bits per heavy atom. The van der Waals surface area contributed by atoms with Gasteiger partial charge in [0.2, 0.25) is 5.91 Å². The molecule has 1 aromatic carbocycles. The summed E-state index contributed by atoms with van der Waals surface area (Å²) < 4.78 is 4.87. The number of rotatable bonds is 5. The molecule has 3 N–H and O–H groups in total. The fourth-order valence-electron chi connectivity index (χ4n) is 1.48. The number of carbonyl (C=O) groups is 3. The summed E-state index contributed by atoms with van der Waals surface area (Å²) >= 11 is 0. The first-order valence-electron chi connectivity index (χ1n) is 5.82. The Bertz CT molecular complexity index is 499. The van der Waals surface area contributed by atoms with Gasteiger partial charge >= 0.3 is 5.97 Å². The van der Waals surface area contributed by atoms with Gasteiger partial charge in [-0.1, -0.05) is 13.0 Å². The standard InChI is InChI=1S/C13H16N2O4/c1-3-11(12(14)17)15-13(18)9-5-4-6-10(7-9)19-8(2)16/h4-7,11H,3H2,1-2H3,(H2,14,17)(H,15,18)/t11-/m0/s1. The largest absolute Gasteiger partial charge is 0.427 e. The van der Waals surface area contributed by atoms with Crippen LogP contribution in [0, 0.1) is 0 Å². The Morgan fingerprint density at radius 2 is 2.05 bits per heavy atom. The normalized spacial score (nSPS) is 11.5. The van der Waals surface area contributed by atoms with Gasteiger partial charge < -0.3 is 15.8 Å². The van der Waals surface area contributed by atoms with E-state index in [0.717, 1.165) is 0 Å². The van der Waals surface area contributed by atoms with Crippen molar-refractivity contribution in [3.05, 3.63) is 29.8 Å². The maximum absolute atomic E-state index is 11.9. The van der Waals surface area contributed by atoms with Crippen LogP contribution in [0.3, 0.4) is 0 Å². The lowest BCUT2D eigenvalue weighted by Crippen LogP contribution is -2.43. The van der Waals surface area contributed by atoms with E-state index in [2.05, 4.69) is 5.32 Å². The average Bonchev–Trinajstić information content (AvgIpc) is 2.34. The average molecular weight is 264 g/mol. The van der Waals surface area contributed by atoms with Crippen molar-refractivity contribution in [2.75, 3.05) is 0 Å². The minimum absolute atomic E-state index is 0.271. The van der Waals surface area contributed by atoms with E-state index >= 15 is 0 Å². The van der Waals surface area contributed by atoms with E-state index in [1.807, 2.05) is 0 Å². The van der Waals surface area contributed by atoms with E-state index in [0.29, 0.717) is 12.0 Å². The molecule has 1 rings (SSSR count). The number of nitrogens with one attached hydrogen (secondary N) is 1. The first-order valence-corrected chi connectivity index (χ1v) is 5.82. The Morgan fingerprint density at radius 1 is 1.37 bits per heavy atom. The molecule has 1 aromatic rings. The molecular weight excluding hydrogens is 248 g/mol. The molecule has 6 heteroatoms. The van der Waals surface area contributed by atoms with Crippen LogP contribution >= 0.6 is 0 Å². The summed E-state index contributed by atoms with van der Waals surface area (Å²) in [5.41, 5.74) is 5.44. The third-order valence-electron chi connectivity index (χ3n) is 2.41. The van der Waals surface area contributed by atoms with Crippen LogP contribution in [0.15, 0.2) is 24.3 Å². The topological polar surface area (TPSA) is 98.5 Å². The fourth-order valence-corrected chi connectivity index (χ4v) is 1.48. The van der Waals surface area contributed by atoms with Crippen molar-refractivity contribution in [1.82, 2.24) is 5.32 Å². The summed E-state index contributed by atoms with van der Waals surface area (Å²) in [6, 6.07) is 5.40. The van der Waals surface area contributed by atoms with Crippen molar-refractivity contribution in [2.24, 2.45) is 5.73 Å². The van der Waals surface area contributed by atoms with Gasteiger partial charge in [-0.3, -0.25) is 14.4 Å². The van der Waals surface area contributed by atoms with Crippen LogP contribution < -0.4 is 15.8 Å². The minimum atomic E-state index is -0.718. The maximum Gasteiger partial charge on any atom is 0.308 e. The monoisotopic (exact) mass is 264 g/mol. The van der Waals surface area contributed by atoms with Crippen LogP contribution in [-0.4, -0.2) is 23.8 Å². The smallest absolute Gasteiger partial charge is 0.308 e. The lowest BCUT2D eigenvalue weighted by Gasteiger charge is -2.13. The van der Waals surface area contributed by atoms with Gasteiger partial charge in [0.1, 0.15) is 11.8 Å². The van der Waals surface area contributed by atoms with Gasteiger partial charge in [-0.2, -0.15) is 0 Å². The van der Waals surface area contributed by atoms with Crippen molar-refractivity contribution in [1.29, 1.82) is 0 Å². The molecule has 0 saturated carbocycles. The lowest BCUT2D eigenvalue weighted by molar-refractivity contribution is -0.131. The van der Waals surface area contributed by atoms with Crippen molar-refractivity contribution in [3.8, 4) is 5.75 Å². The van der Waals surface area contributed by atoms with Crippen molar-refractivity contribution in [3.63, 3.8) is 0 Å².